The second-order valence-electron chi connectivity index (χ2n) is 6.94. The highest BCUT2D eigenvalue weighted by atomic mass is 32.2. The van der Waals surface area contributed by atoms with E-state index < -0.39 is 26.7 Å². The number of hydrogen-bond acceptors (Lipinski definition) is 6. The van der Waals surface area contributed by atoms with Gasteiger partial charge in [-0.1, -0.05) is 18.2 Å². The number of rotatable bonds is 6. The van der Waals surface area contributed by atoms with Gasteiger partial charge < -0.3 is 14.2 Å². The number of carbonyl (C=O) groups is 1. The van der Waals surface area contributed by atoms with Crippen LogP contribution in [0.5, 0.6) is 17.2 Å². The number of hydrogen-bond donors (Lipinski definition) is 0. The average Bonchev–Trinajstić information content (AvgIpc) is 2.82. The molecule has 1 heterocycles. The first-order chi connectivity index (χ1) is 15.4. The molecular weight excluding hydrogens is 437 g/mol. The van der Waals surface area contributed by atoms with E-state index in [1.807, 2.05) is 30.3 Å². The maximum Gasteiger partial charge on any atom is 0.343 e. The minimum Gasteiger partial charge on any atom is -0.457 e. The number of para-hydroxylation sites is 1. The summed E-state index contributed by atoms with van der Waals surface area (Å²) in [6.07, 6.45) is 0. The van der Waals surface area contributed by atoms with Crippen LogP contribution in [-0.2, 0) is 14.8 Å². The molecule has 1 aliphatic rings. The first-order valence-electron chi connectivity index (χ1n) is 9.86. The van der Waals surface area contributed by atoms with Gasteiger partial charge in [-0.15, -0.1) is 0 Å². The monoisotopic (exact) mass is 457 g/mol. The van der Waals surface area contributed by atoms with Crippen molar-refractivity contribution in [2.75, 3.05) is 26.3 Å². The van der Waals surface area contributed by atoms with Gasteiger partial charge in [-0.25, -0.2) is 17.6 Å². The van der Waals surface area contributed by atoms with E-state index in [2.05, 4.69) is 0 Å². The first-order valence-corrected chi connectivity index (χ1v) is 11.3. The predicted molar refractivity (Wildman–Crippen MR) is 114 cm³/mol. The van der Waals surface area contributed by atoms with E-state index in [0.717, 1.165) is 16.4 Å². The van der Waals surface area contributed by atoms with Gasteiger partial charge in [0.05, 0.1) is 18.8 Å². The normalized spacial score (nSPS) is 14.7. The van der Waals surface area contributed by atoms with Gasteiger partial charge in [0, 0.05) is 13.1 Å². The van der Waals surface area contributed by atoms with Gasteiger partial charge in [-0.2, -0.15) is 4.31 Å². The molecule has 166 valence electrons. The highest BCUT2D eigenvalue weighted by Crippen LogP contribution is 2.25. The van der Waals surface area contributed by atoms with E-state index in [1.54, 1.807) is 24.3 Å². The number of benzene rings is 3. The Kier molecular flexibility index (Phi) is 6.50. The van der Waals surface area contributed by atoms with E-state index in [9.17, 15) is 17.6 Å². The number of halogens is 1. The zero-order chi connectivity index (χ0) is 22.6. The van der Waals surface area contributed by atoms with Crippen molar-refractivity contribution in [1.29, 1.82) is 0 Å². The topological polar surface area (TPSA) is 82.1 Å². The number of carbonyl (C=O) groups excluding carboxylic acids is 1. The number of morpholine rings is 1. The molecule has 0 aliphatic carbocycles. The fourth-order valence-electron chi connectivity index (χ4n) is 3.12. The summed E-state index contributed by atoms with van der Waals surface area (Å²) < 4.78 is 57.2. The average molecular weight is 457 g/mol. The van der Waals surface area contributed by atoms with Crippen LogP contribution >= 0.6 is 0 Å². The summed E-state index contributed by atoms with van der Waals surface area (Å²) in [5.74, 6) is -0.290. The van der Waals surface area contributed by atoms with Gasteiger partial charge >= 0.3 is 5.97 Å². The largest absolute Gasteiger partial charge is 0.457 e. The second kappa shape index (κ2) is 9.47. The number of ether oxygens (including phenoxy) is 3. The van der Waals surface area contributed by atoms with Gasteiger partial charge in [-0.05, 0) is 54.6 Å². The molecule has 0 atom stereocenters. The molecule has 1 aliphatic heterocycles. The van der Waals surface area contributed by atoms with Crippen molar-refractivity contribution in [3.05, 3.63) is 84.2 Å². The smallest absolute Gasteiger partial charge is 0.343 e. The third-order valence-corrected chi connectivity index (χ3v) is 6.68. The molecule has 1 fully saturated rings. The molecular formula is C23H20FNO6S. The van der Waals surface area contributed by atoms with Gasteiger partial charge in [0.1, 0.15) is 28.0 Å². The molecule has 0 N–H and O–H groups in total. The Morgan fingerprint density at radius 1 is 0.875 bits per heavy atom. The summed E-state index contributed by atoms with van der Waals surface area (Å²) in [6.45, 7) is 0.695. The lowest BCUT2D eigenvalue weighted by atomic mass is 10.2. The fourth-order valence-corrected chi connectivity index (χ4v) is 4.62. The highest BCUT2D eigenvalue weighted by molar-refractivity contribution is 7.89. The lowest BCUT2D eigenvalue weighted by molar-refractivity contribution is 0.0726. The summed E-state index contributed by atoms with van der Waals surface area (Å²) in [6, 6.07) is 18.7. The molecule has 0 radical (unpaired) electrons. The van der Waals surface area contributed by atoms with Crippen LogP contribution in [0.3, 0.4) is 0 Å². The number of nitrogens with zero attached hydrogens (tertiary/aromatic N) is 1. The Bertz CT molecular complexity index is 1190. The molecule has 4 rings (SSSR count). The van der Waals surface area contributed by atoms with Crippen LogP contribution < -0.4 is 9.47 Å². The van der Waals surface area contributed by atoms with Gasteiger partial charge in [-0.3, -0.25) is 0 Å². The summed E-state index contributed by atoms with van der Waals surface area (Å²) in [5.41, 5.74) is -0.0807. The SMILES string of the molecule is O=C(Oc1ccc(Oc2ccccc2)cc1)c1ccc(F)c(S(=O)(=O)N2CCOCC2)c1. The minimum atomic E-state index is -4.10. The second-order valence-corrected chi connectivity index (χ2v) is 8.84. The van der Waals surface area contributed by atoms with Gasteiger partial charge in [0.15, 0.2) is 0 Å². The molecule has 0 bridgehead atoms. The van der Waals surface area contributed by atoms with Crippen molar-refractivity contribution < 1.29 is 31.8 Å². The molecule has 0 aromatic heterocycles. The molecule has 1 saturated heterocycles. The van der Waals surface area contributed by atoms with Crippen molar-refractivity contribution >= 4 is 16.0 Å². The van der Waals surface area contributed by atoms with E-state index >= 15 is 0 Å². The van der Waals surface area contributed by atoms with Crippen LogP contribution in [0.4, 0.5) is 4.39 Å². The maximum atomic E-state index is 14.3. The van der Waals surface area contributed by atoms with Crippen molar-refractivity contribution in [2.45, 2.75) is 4.90 Å². The number of esters is 1. The van der Waals surface area contributed by atoms with Crippen LogP contribution in [-0.4, -0.2) is 45.0 Å². The molecule has 3 aromatic rings. The summed E-state index contributed by atoms with van der Waals surface area (Å²) in [7, 11) is -4.10. The van der Waals surface area contributed by atoms with Gasteiger partial charge in [0.2, 0.25) is 10.0 Å². The minimum absolute atomic E-state index is 0.0807. The molecule has 0 spiro atoms. The molecule has 0 amide bonds. The summed E-state index contributed by atoms with van der Waals surface area (Å²) in [4.78, 5) is 12.0. The predicted octanol–water partition coefficient (Wildman–Crippen LogP) is 3.86. The molecule has 0 saturated carbocycles. The van der Waals surface area contributed by atoms with Crippen LogP contribution in [0.25, 0.3) is 0 Å². The highest BCUT2D eigenvalue weighted by Gasteiger charge is 2.30. The molecule has 0 unspecified atom stereocenters. The van der Waals surface area contributed by atoms with E-state index in [-0.39, 0.29) is 37.6 Å². The Morgan fingerprint density at radius 2 is 1.50 bits per heavy atom. The molecule has 9 heteroatoms. The summed E-state index contributed by atoms with van der Waals surface area (Å²) in [5, 5.41) is 0. The zero-order valence-corrected chi connectivity index (χ0v) is 17.8. The lowest BCUT2D eigenvalue weighted by Crippen LogP contribution is -2.41. The van der Waals surface area contributed by atoms with Crippen molar-refractivity contribution in [3.8, 4) is 17.2 Å². The van der Waals surface area contributed by atoms with Gasteiger partial charge in [0.25, 0.3) is 0 Å². The molecule has 32 heavy (non-hydrogen) atoms. The zero-order valence-electron chi connectivity index (χ0n) is 16.9. The van der Waals surface area contributed by atoms with Crippen LogP contribution in [0.2, 0.25) is 0 Å². The van der Waals surface area contributed by atoms with Crippen LogP contribution in [0, 0.1) is 5.82 Å². The van der Waals surface area contributed by atoms with E-state index in [4.69, 9.17) is 14.2 Å². The molecule has 7 nitrogen and oxygen atoms in total. The first kappa shape index (κ1) is 21.9. The molecule has 3 aromatic carbocycles. The maximum absolute atomic E-state index is 14.3. The fraction of sp³-hybridized carbons (Fsp3) is 0.174. The van der Waals surface area contributed by atoms with Crippen molar-refractivity contribution in [1.82, 2.24) is 4.31 Å². The Labute approximate surface area is 185 Å². The Morgan fingerprint density at radius 3 is 2.19 bits per heavy atom. The third kappa shape index (κ3) is 4.96. The Hall–Kier alpha value is -3.27. The van der Waals surface area contributed by atoms with E-state index in [1.165, 1.54) is 6.07 Å². The lowest BCUT2D eigenvalue weighted by Gasteiger charge is -2.26. The summed E-state index contributed by atoms with van der Waals surface area (Å²) >= 11 is 0. The van der Waals surface area contributed by atoms with Crippen LogP contribution in [0.15, 0.2) is 77.7 Å². The van der Waals surface area contributed by atoms with E-state index in [0.29, 0.717) is 11.5 Å². The quantitative estimate of drug-likeness (QED) is 0.413. The number of sulfonamides is 1. The van der Waals surface area contributed by atoms with Crippen LogP contribution in [0.1, 0.15) is 10.4 Å². The Balaban J connectivity index is 1.48. The standard InChI is InChI=1S/C23H20FNO6S/c24-21-11-6-17(16-22(21)32(27,28)25-12-14-29-15-13-25)23(26)31-20-9-7-19(8-10-20)30-18-4-2-1-3-5-18/h1-11,16H,12-15H2. The third-order valence-electron chi connectivity index (χ3n) is 4.77. The van der Waals surface area contributed by atoms with Crippen molar-refractivity contribution in [3.63, 3.8) is 0 Å². The van der Waals surface area contributed by atoms with Crippen molar-refractivity contribution in [2.24, 2.45) is 0 Å².